The van der Waals surface area contributed by atoms with E-state index >= 15 is 0 Å². The zero-order valence-electron chi connectivity index (χ0n) is 45.0. The quantitative estimate of drug-likeness (QED) is 0.135. The SMILES string of the molecule is C1CCOC1.CC(C)C(O)c1ccc(B2OC(C)(C)C(C)(C)O2)cc1.CC(C)C(O)c1ccc(Br)cc1.CC1(C)OB(B2OC(C)(C)C(C)(C)O2)OC1(C)C.C[CH-]C.O=Cc1ccc(Br)cc1.[Cl-].[Mg+2]. The molecule has 3 aromatic rings. The van der Waals surface area contributed by atoms with Gasteiger partial charge < -0.3 is 61.7 Å². The number of carbonyl (C=O) groups excluding carboxylic acids is 1. The Morgan fingerprint density at radius 1 is 0.536 bits per heavy atom. The molecule has 0 bridgehead atoms. The second-order valence-electron chi connectivity index (χ2n) is 21.0. The Bertz CT molecular complexity index is 1810. The van der Waals surface area contributed by atoms with Gasteiger partial charge in [-0.2, -0.15) is 13.8 Å². The molecule has 17 heteroatoms. The van der Waals surface area contributed by atoms with Crippen molar-refractivity contribution in [3.05, 3.63) is 105 Å². The van der Waals surface area contributed by atoms with Crippen molar-refractivity contribution in [3.63, 3.8) is 0 Å². The molecule has 10 nitrogen and oxygen atoms in total. The number of aldehydes is 1. The Morgan fingerprint density at radius 3 is 1.07 bits per heavy atom. The van der Waals surface area contributed by atoms with E-state index in [-0.39, 0.29) is 94.1 Å². The predicted molar refractivity (Wildman–Crippen MR) is 289 cm³/mol. The number of ether oxygens (including phenoxy) is 1. The van der Waals surface area contributed by atoms with Gasteiger partial charge in [0.2, 0.25) is 0 Å². The molecule has 382 valence electrons. The van der Waals surface area contributed by atoms with Crippen LogP contribution in [0, 0.1) is 18.3 Å². The fourth-order valence-corrected chi connectivity index (χ4v) is 6.84. The summed E-state index contributed by atoms with van der Waals surface area (Å²) in [5, 5.41) is 19.7. The zero-order valence-corrected chi connectivity index (χ0v) is 50.3. The maximum absolute atomic E-state index is 10.1. The summed E-state index contributed by atoms with van der Waals surface area (Å²) >= 11 is 6.61. The summed E-state index contributed by atoms with van der Waals surface area (Å²) in [6.45, 7) is 38.4. The van der Waals surface area contributed by atoms with E-state index in [4.69, 9.17) is 32.7 Å². The minimum absolute atomic E-state index is 0. The molecule has 69 heavy (non-hydrogen) atoms. The molecule has 0 aromatic heterocycles. The molecule has 0 radical (unpaired) electrons. The fraction of sp³-hybridized carbons (Fsp3) is 0.615. The third-order valence-electron chi connectivity index (χ3n) is 12.9. The van der Waals surface area contributed by atoms with Gasteiger partial charge in [0.05, 0.1) is 45.8 Å². The molecule has 2 atom stereocenters. The van der Waals surface area contributed by atoms with Crippen LogP contribution >= 0.6 is 31.9 Å². The summed E-state index contributed by atoms with van der Waals surface area (Å²) in [5.74, 6) is 0.476. The van der Waals surface area contributed by atoms with Gasteiger partial charge in [-0.1, -0.05) is 108 Å². The molecule has 4 aliphatic heterocycles. The van der Waals surface area contributed by atoms with Crippen molar-refractivity contribution in [1.82, 2.24) is 0 Å². The number of aliphatic hydroxyl groups is 2. The van der Waals surface area contributed by atoms with E-state index in [1.165, 1.54) is 12.8 Å². The van der Waals surface area contributed by atoms with Crippen LogP contribution in [-0.4, -0.2) is 108 Å². The molecule has 0 amide bonds. The average molecular weight is 1120 g/mol. The maximum Gasteiger partial charge on any atom is 2.00 e. The van der Waals surface area contributed by atoms with Gasteiger partial charge >= 0.3 is 44.2 Å². The second-order valence-corrected chi connectivity index (χ2v) is 22.8. The molecule has 2 N–H and O–H groups in total. The predicted octanol–water partition coefficient (Wildman–Crippen LogP) is 8.97. The summed E-state index contributed by atoms with van der Waals surface area (Å²) in [4.78, 5) is 10.1. The van der Waals surface area contributed by atoms with Crippen molar-refractivity contribution in [3.8, 4) is 0 Å². The van der Waals surface area contributed by atoms with Crippen LogP contribution in [0.1, 0.15) is 171 Å². The smallest absolute Gasteiger partial charge is 1.00 e. The largest absolute Gasteiger partial charge is 2.00 e. The van der Waals surface area contributed by atoms with Gasteiger partial charge in [-0.05, 0) is 149 Å². The van der Waals surface area contributed by atoms with Crippen molar-refractivity contribution >= 4 is 87.8 Å². The van der Waals surface area contributed by atoms with E-state index in [0.29, 0.717) is 5.56 Å². The number of benzene rings is 3. The summed E-state index contributed by atoms with van der Waals surface area (Å²) in [6.07, 6.45) is 4.60. The van der Waals surface area contributed by atoms with Gasteiger partial charge in [0.1, 0.15) is 6.29 Å². The van der Waals surface area contributed by atoms with E-state index in [0.717, 1.165) is 45.0 Å². The number of rotatable bonds is 7. The topological polar surface area (TPSA) is 122 Å². The molecule has 0 saturated carbocycles. The minimum Gasteiger partial charge on any atom is -1.00 e. The third-order valence-corrected chi connectivity index (χ3v) is 13.9. The number of carbonyl (C=O) groups is 1. The third kappa shape index (κ3) is 20.8. The van der Waals surface area contributed by atoms with E-state index in [1.54, 1.807) is 12.1 Å². The van der Waals surface area contributed by atoms with E-state index in [2.05, 4.69) is 31.9 Å². The van der Waals surface area contributed by atoms with Gasteiger partial charge in [-0.3, -0.25) is 4.79 Å². The molecule has 4 aliphatic rings. The van der Waals surface area contributed by atoms with Crippen LogP contribution in [-0.2, 0) is 32.7 Å². The van der Waals surface area contributed by atoms with Crippen LogP contribution in [0.25, 0.3) is 0 Å². The molecule has 7 rings (SSSR count). The molecular weight excluding hydrogens is 1040 g/mol. The van der Waals surface area contributed by atoms with E-state index in [9.17, 15) is 15.0 Å². The van der Waals surface area contributed by atoms with Crippen LogP contribution < -0.4 is 17.9 Å². The number of hydrogen-bond donors (Lipinski definition) is 2. The first-order valence-electron chi connectivity index (χ1n) is 23.7. The van der Waals surface area contributed by atoms with Gasteiger partial charge in [0, 0.05) is 27.7 Å². The Morgan fingerprint density at radius 2 is 0.812 bits per heavy atom. The first kappa shape index (κ1) is 68.2. The molecule has 0 spiro atoms. The van der Waals surface area contributed by atoms with E-state index in [1.807, 2.05) is 192 Å². The summed E-state index contributed by atoms with van der Waals surface area (Å²) in [6, 6.07) is 22.8. The van der Waals surface area contributed by atoms with Crippen molar-refractivity contribution in [2.75, 3.05) is 13.2 Å². The maximum atomic E-state index is 10.1. The molecule has 4 fully saturated rings. The number of halogens is 3. The summed E-state index contributed by atoms with van der Waals surface area (Å²) in [7, 11) is -1.29. The van der Waals surface area contributed by atoms with Crippen LogP contribution in [0.3, 0.4) is 0 Å². The first-order valence-corrected chi connectivity index (χ1v) is 25.3. The van der Waals surface area contributed by atoms with Crippen LogP contribution in [0.5, 0.6) is 0 Å². The standard InChI is InChI=1S/C16H25BO3.C12H24B2O4.C10H13BrO.C7H5BrO.C4H8O.C3H7.ClH.Mg/c1-11(2)14(18)12-7-9-13(10-8-12)17-19-15(3,4)16(5,6)20-17;1-9(2)10(3,4)16-13(15-9)14-17-11(5,6)12(7,8)18-14;1-7(2)10(12)8-3-5-9(11)6-4-8;8-7-3-1-6(5-9)2-4-7;1-2-4-5-3-1;1-3-2;;/h7-11,14,18H,1-6H3;1-8H3;3-7,10,12H,1-2H3;1-5H;1-4H2;3H,1-2H3;1H;/q;;;;;-1;;+2/p-1. The van der Waals surface area contributed by atoms with E-state index < -0.39 is 20.1 Å². The second kappa shape index (κ2) is 29.9. The van der Waals surface area contributed by atoms with Crippen LogP contribution in [0.4, 0.5) is 0 Å². The van der Waals surface area contributed by atoms with Gasteiger partial charge in [0.15, 0.2) is 0 Å². The summed E-state index contributed by atoms with van der Waals surface area (Å²) in [5.41, 5.74) is 1.52. The molecule has 4 saturated heterocycles. The number of hydrogen-bond acceptors (Lipinski definition) is 10. The first-order chi connectivity index (χ1) is 30.9. The molecule has 0 aliphatic carbocycles. The van der Waals surface area contributed by atoms with Crippen molar-refractivity contribution < 1.29 is 60.1 Å². The monoisotopic (exact) mass is 1120 g/mol. The fourth-order valence-electron chi connectivity index (χ4n) is 6.31. The molecule has 3 aromatic carbocycles. The number of aliphatic hydroxyl groups excluding tert-OH is 2. The zero-order chi connectivity index (χ0) is 51.2. The van der Waals surface area contributed by atoms with Gasteiger partial charge in [-0.15, -0.1) is 0 Å². The van der Waals surface area contributed by atoms with Gasteiger partial charge in [0.25, 0.3) is 0 Å². The van der Waals surface area contributed by atoms with Crippen LogP contribution in [0.15, 0.2) is 81.7 Å². The Kier molecular flexibility index (Phi) is 29.6. The average Bonchev–Trinajstić information content (AvgIpc) is 4.00. The Balaban J connectivity index is 0.000000864. The van der Waals surface area contributed by atoms with Crippen LogP contribution in [0.2, 0.25) is 0 Å². The Labute approximate surface area is 457 Å². The Hall–Kier alpha value is -0.819. The molecule has 4 heterocycles. The van der Waals surface area contributed by atoms with Gasteiger partial charge in [-0.25, -0.2) is 0 Å². The van der Waals surface area contributed by atoms with Crippen molar-refractivity contribution in [1.29, 1.82) is 0 Å². The van der Waals surface area contributed by atoms with Crippen molar-refractivity contribution in [2.24, 2.45) is 11.8 Å². The normalized spacial score (nSPS) is 20.3. The molecular formula is C52H82B3Br2ClMgO10. The summed E-state index contributed by atoms with van der Waals surface area (Å²) < 4.78 is 42.9. The van der Waals surface area contributed by atoms with Crippen molar-refractivity contribution in [2.45, 2.75) is 183 Å². The molecule has 2 unspecified atom stereocenters. The minimum atomic E-state index is -0.476.